The van der Waals surface area contributed by atoms with Crippen molar-refractivity contribution in [1.82, 2.24) is 0 Å². The van der Waals surface area contributed by atoms with E-state index < -0.39 is 44.8 Å². The minimum atomic E-state index is -2.09. The largest absolute Gasteiger partial charge is 0.414 e. The lowest BCUT2D eigenvalue weighted by Gasteiger charge is -2.44. The van der Waals surface area contributed by atoms with E-state index in [-0.39, 0.29) is 5.04 Å². The van der Waals surface area contributed by atoms with Crippen LogP contribution < -0.4 is 0 Å². The Morgan fingerprint density at radius 2 is 1.36 bits per heavy atom. The highest BCUT2D eigenvalue weighted by molar-refractivity contribution is 6.74. The van der Waals surface area contributed by atoms with Crippen molar-refractivity contribution in [3.8, 4) is 0 Å². The van der Waals surface area contributed by atoms with Crippen molar-refractivity contribution in [1.29, 1.82) is 0 Å². The minimum absolute atomic E-state index is 0.0500. The lowest BCUT2D eigenvalue weighted by molar-refractivity contribution is -0.277. The molecule has 242 valence electrons. The molecule has 45 heavy (non-hydrogen) atoms. The molecule has 0 aromatic heterocycles. The monoisotopic (exact) mass is 630 g/mol. The lowest BCUT2D eigenvalue weighted by atomic mass is 9.97. The zero-order valence-corrected chi connectivity index (χ0v) is 28.5. The second-order valence-corrected chi connectivity index (χ2v) is 18.4. The van der Waals surface area contributed by atoms with Crippen LogP contribution in [0.1, 0.15) is 56.7 Å². The highest BCUT2D eigenvalue weighted by Crippen LogP contribution is 2.47. The molecule has 5 rings (SSSR count). The van der Waals surface area contributed by atoms with E-state index in [1.54, 1.807) is 0 Å². The summed E-state index contributed by atoms with van der Waals surface area (Å²) < 4.78 is 41.0. The van der Waals surface area contributed by atoms with Gasteiger partial charge < -0.3 is 28.1 Å². The fourth-order valence-corrected chi connectivity index (χ4v) is 6.68. The van der Waals surface area contributed by atoms with Gasteiger partial charge in [-0.3, -0.25) is 0 Å². The molecule has 0 aliphatic carbocycles. The van der Waals surface area contributed by atoms with Crippen molar-refractivity contribution >= 4 is 8.32 Å². The molecule has 6 nitrogen and oxygen atoms in total. The summed E-state index contributed by atoms with van der Waals surface area (Å²) in [5, 5.41) is 0.0500. The van der Waals surface area contributed by atoms with Gasteiger partial charge in [-0.1, -0.05) is 118 Å². The molecule has 2 saturated heterocycles. The summed E-state index contributed by atoms with van der Waals surface area (Å²) in [6, 6.07) is 30.6. The Balaban J connectivity index is 1.49. The van der Waals surface area contributed by atoms with Crippen LogP contribution >= 0.6 is 0 Å². The smallest absolute Gasteiger partial charge is 0.198 e. The van der Waals surface area contributed by atoms with Gasteiger partial charge in [0.15, 0.2) is 20.4 Å². The van der Waals surface area contributed by atoms with Crippen LogP contribution in [0.5, 0.6) is 0 Å². The number of allylic oxidation sites excluding steroid dienone is 1. The third-order valence-electron chi connectivity index (χ3n) is 9.34. The molecular formula is C38H50O6Si. The van der Waals surface area contributed by atoms with Gasteiger partial charge in [0.1, 0.15) is 24.4 Å². The van der Waals surface area contributed by atoms with Crippen LogP contribution in [0.15, 0.2) is 104 Å². The first kappa shape index (κ1) is 33.7. The van der Waals surface area contributed by atoms with E-state index in [0.717, 1.165) is 29.5 Å². The molecular weight excluding hydrogens is 580 g/mol. The molecule has 2 aliphatic rings. The summed E-state index contributed by atoms with van der Waals surface area (Å²) in [6.07, 6.45) is 1.80. The van der Waals surface area contributed by atoms with Gasteiger partial charge >= 0.3 is 0 Å². The molecule has 3 aromatic carbocycles. The maximum atomic E-state index is 7.00. The van der Waals surface area contributed by atoms with Gasteiger partial charge in [-0.2, -0.15) is 0 Å². The number of hydrogen-bond acceptors (Lipinski definition) is 6. The van der Waals surface area contributed by atoms with Gasteiger partial charge in [0.05, 0.1) is 19.8 Å². The maximum absolute atomic E-state index is 7.00. The number of unbranched alkanes of at least 4 members (excludes halogenated alkanes) is 1. The predicted octanol–water partition coefficient (Wildman–Crippen LogP) is 8.53. The van der Waals surface area contributed by atoms with E-state index in [1.165, 1.54) is 0 Å². The van der Waals surface area contributed by atoms with E-state index >= 15 is 0 Å². The lowest BCUT2D eigenvalue weighted by Crippen LogP contribution is -2.60. The van der Waals surface area contributed by atoms with Gasteiger partial charge in [0.25, 0.3) is 0 Å². The van der Waals surface area contributed by atoms with Crippen LogP contribution in [0, 0.1) is 0 Å². The number of benzene rings is 3. The molecule has 0 saturated carbocycles. The van der Waals surface area contributed by atoms with Crippen molar-refractivity contribution in [2.45, 2.75) is 108 Å². The zero-order valence-electron chi connectivity index (χ0n) is 27.5. The summed E-state index contributed by atoms with van der Waals surface area (Å²) in [4.78, 5) is 0. The molecule has 0 radical (unpaired) electrons. The number of fused-ring (bicyclic) bond motifs is 1. The molecule has 7 heteroatoms. The third kappa shape index (κ3) is 8.21. The second kappa shape index (κ2) is 14.9. The summed E-state index contributed by atoms with van der Waals surface area (Å²) in [7, 11) is -2.09. The first-order valence-electron chi connectivity index (χ1n) is 16.2. The van der Waals surface area contributed by atoms with Gasteiger partial charge in [0.2, 0.25) is 0 Å². The summed E-state index contributed by atoms with van der Waals surface area (Å²) >= 11 is 0. The van der Waals surface area contributed by atoms with Crippen molar-refractivity contribution in [3.05, 3.63) is 120 Å². The molecule has 1 unspecified atom stereocenters. The molecule has 2 fully saturated rings. The number of rotatable bonds is 14. The SMILES string of the molecule is C=CCCCC1(c2ccccc2)O[C@@H]2O[C@H](CO[Si](C)(C)C(C)(C)C)[C@@H](OCc3ccccc3)[C@H](OCc3ccccc3)[C@@H]2O1. The first-order chi connectivity index (χ1) is 21.6. The number of hydrogen-bond donors (Lipinski definition) is 0. The quantitative estimate of drug-likeness (QED) is 0.101. The van der Waals surface area contributed by atoms with Crippen molar-refractivity contribution in [2.75, 3.05) is 6.61 Å². The van der Waals surface area contributed by atoms with Crippen LogP contribution in [0.3, 0.4) is 0 Å². The average Bonchev–Trinajstić information content (AvgIpc) is 3.42. The Morgan fingerprint density at radius 3 is 1.91 bits per heavy atom. The second-order valence-electron chi connectivity index (χ2n) is 13.6. The fourth-order valence-electron chi connectivity index (χ4n) is 5.67. The third-order valence-corrected chi connectivity index (χ3v) is 13.8. The van der Waals surface area contributed by atoms with Crippen molar-refractivity contribution < 1.29 is 28.1 Å². The number of ether oxygens (including phenoxy) is 5. The first-order valence-corrected chi connectivity index (χ1v) is 19.2. The average molecular weight is 631 g/mol. The normalized spacial score (nSPS) is 26.8. The Kier molecular flexibility index (Phi) is 11.1. The van der Waals surface area contributed by atoms with E-state index in [4.69, 9.17) is 28.1 Å². The van der Waals surface area contributed by atoms with Crippen LogP contribution in [0.4, 0.5) is 0 Å². The van der Waals surface area contributed by atoms with Crippen molar-refractivity contribution in [2.24, 2.45) is 0 Å². The highest BCUT2D eigenvalue weighted by Gasteiger charge is 2.59. The summed E-state index contributed by atoms with van der Waals surface area (Å²) in [6.45, 7) is 16.4. The Morgan fingerprint density at radius 1 is 0.800 bits per heavy atom. The van der Waals surface area contributed by atoms with E-state index in [0.29, 0.717) is 26.2 Å². The van der Waals surface area contributed by atoms with Gasteiger partial charge in [-0.15, -0.1) is 6.58 Å². The van der Waals surface area contributed by atoms with Crippen molar-refractivity contribution in [3.63, 3.8) is 0 Å². The molecule has 3 aromatic rings. The Bertz CT molecular complexity index is 1330. The minimum Gasteiger partial charge on any atom is -0.414 e. The van der Waals surface area contributed by atoms with Crippen LogP contribution in [-0.4, -0.2) is 45.6 Å². The predicted molar refractivity (Wildman–Crippen MR) is 180 cm³/mol. The Hall–Kier alpha value is -2.62. The van der Waals surface area contributed by atoms with Crippen LogP contribution in [0.25, 0.3) is 0 Å². The fraction of sp³-hybridized carbons (Fsp3) is 0.474. The van der Waals surface area contributed by atoms with E-state index in [1.807, 2.05) is 60.7 Å². The molecule has 0 spiro atoms. The van der Waals surface area contributed by atoms with E-state index in [9.17, 15) is 0 Å². The van der Waals surface area contributed by atoms with Gasteiger partial charge in [0, 0.05) is 12.0 Å². The van der Waals surface area contributed by atoms with Gasteiger partial charge in [-0.25, -0.2) is 0 Å². The molecule has 2 heterocycles. The molecule has 6 atom stereocenters. The standard InChI is InChI=1S/C38H50O6Si/c1-7-8-18-25-38(31-23-16-11-17-24-31)43-35-34(40-27-30-21-14-10-15-22-30)33(39-26-29-19-12-9-13-20-29)32(42-36(35)44-38)28-41-45(5,6)37(2,3)4/h7,9-17,19-24,32-36H,1,8,18,25-28H2,2-6H3/t32-,33-,34+,35+,36+,38?/m1/s1. The maximum Gasteiger partial charge on any atom is 0.198 e. The molecule has 0 bridgehead atoms. The topological polar surface area (TPSA) is 55.4 Å². The summed E-state index contributed by atoms with van der Waals surface area (Å²) in [5.41, 5.74) is 3.12. The zero-order chi connectivity index (χ0) is 31.9. The Labute approximate surface area is 270 Å². The highest BCUT2D eigenvalue weighted by atomic mass is 28.4. The summed E-state index contributed by atoms with van der Waals surface area (Å²) in [5.74, 6) is -0.979. The molecule has 2 aliphatic heterocycles. The molecule has 0 N–H and O–H groups in total. The van der Waals surface area contributed by atoms with Crippen LogP contribution in [0.2, 0.25) is 18.1 Å². The van der Waals surface area contributed by atoms with Gasteiger partial charge in [-0.05, 0) is 42.1 Å². The molecule has 0 amide bonds. The van der Waals surface area contributed by atoms with Crippen LogP contribution in [-0.2, 0) is 47.1 Å². The van der Waals surface area contributed by atoms with E-state index in [2.05, 4.69) is 76.8 Å².